The van der Waals surface area contributed by atoms with E-state index in [1.54, 1.807) is 17.5 Å². The van der Waals surface area contributed by atoms with E-state index in [0.29, 0.717) is 0 Å². The van der Waals surface area contributed by atoms with Crippen molar-refractivity contribution in [1.29, 1.82) is 0 Å². The Bertz CT molecular complexity index is 681. The van der Waals surface area contributed by atoms with Crippen LogP contribution in [0.15, 0.2) is 17.6 Å². The number of aromatic nitrogens is 3. The molecule has 2 aromatic heterocycles. The fraction of sp³-hybridized carbons (Fsp3) is 0.579. The minimum absolute atomic E-state index is 0.758. The van der Waals surface area contributed by atoms with E-state index in [4.69, 9.17) is 9.97 Å². The largest absolute Gasteiger partial charge is 0.340 e. The predicted octanol–water partition coefficient (Wildman–Crippen LogP) is 4.60. The van der Waals surface area contributed by atoms with E-state index < -0.39 is 0 Å². The van der Waals surface area contributed by atoms with Gasteiger partial charge in [0.25, 0.3) is 0 Å². The van der Waals surface area contributed by atoms with Gasteiger partial charge in [-0.25, -0.2) is 9.97 Å². The second kappa shape index (κ2) is 7.68. The SMILES string of the molecule is Cc1cc(Nc2nccs2)nc(N2C[CH]CC(C3CCCCC3)C2)n1. The van der Waals surface area contributed by atoms with Gasteiger partial charge in [0.15, 0.2) is 5.13 Å². The van der Waals surface area contributed by atoms with Gasteiger partial charge in [-0.05, 0) is 31.6 Å². The van der Waals surface area contributed by atoms with Crippen molar-refractivity contribution < 1.29 is 0 Å². The van der Waals surface area contributed by atoms with E-state index in [1.165, 1.54) is 38.5 Å². The van der Waals surface area contributed by atoms with Gasteiger partial charge in [-0.15, -0.1) is 11.3 Å². The summed E-state index contributed by atoms with van der Waals surface area (Å²) in [5.74, 6) is 3.31. The molecule has 1 aliphatic heterocycles. The number of piperidine rings is 1. The number of thiazole rings is 1. The third kappa shape index (κ3) is 4.11. The maximum absolute atomic E-state index is 4.76. The molecule has 1 atom stereocenters. The van der Waals surface area contributed by atoms with Crippen LogP contribution in [-0.4, -0.2) is 28.0 Å². The van der Waals surface area contributed by atoms with Crippen molar-refractivity contribution in [3.63, 3.8) is 0 Å². The Kier molecular flexibility index (Phi) is 5.15. The number of nitrogens with zero attached hydrogens (tertiary/aromatic N) is 4. The van der Waals surface area contributed by atoms with Crippen LogP contribution in [0, 0.1) is 25.2 Å². The van der Waals surface area contributed by atoms with E-state index in [1.807, 2.05) is 18.4 Å². The van der Waals surface area contributed by atoms with Crippen LogP contribution < -0.4 is 10.2 Å². The molecule has 6 heteroatoms. The maximum atomic E-state index is 4.76. The lowest BCUT2D eigenvalue weighted by molar-refractivity contribution is 0.236. The van der Waals surface area contributed by atoms with Crippen molar-refractivity contribution in [1.82, 2.24) is 15.0 Å². The van der Waals surface area contributed by atoms with Crippen LogP contribution in [0.2, 0.25) is 0 Å². The minimum Gasteiger partial charge on any atom is -0.340 e. The molecule has 1 aliphatic carbocycles. The number of rotatable bonds is 4. The van der Waals surface area contributed by atoms with Crippen molar-refractivity contribution in [2.75, 3.05) is 23.3 Å². The number of hydrogen-bond donors (Lipinski definition) is 1. The Labute approximate surface area is 153 Å². The van der Waals surface area contributed by atoms with Gasteiger partial charge in [-0.3, -0.25) is 0 Å². The summed E-state index contributed by atoms with van der Waals surface area (Å²) in [6, 6.07) is 1.98. The fourth-order valence-corrected chi connectivity index (χ4v) is 4.68. The molecular weight excluding hydrogens is 330 g/mol. The molecule has 2 aromatic rings. The molecule has 0 spiro atoms. The molecule has 4 rings (SSSR count). The van der Waals surface area contributed by atoms with Crippen LogP contribution in [-0.2, 0) is 0 Å². The molecule has 2 aliphatic rings. The van der Waals surface area contributed by atoms with Gasteiger partial charge in [-0.2, -0.15) is 4.98 Å². The lowest BCUT2D eigenvalue weighted by Gasteiger charge is -2.38. The van der Waals surface area contributed by atoms with Crippen LogP contribution in [0.3, 0.4) is 0 Å². The molecule has 3 heterocycles. The average Bonchev–Trinajstić information content (AvgIpc) is 3.15. The molecule has 1 N–H and O–H groups in total. The molecule has 1 saturated heterocycles. The van der Waals surface area contributed by atoms with E-state index >= 15 is 0 Å². The molecule has 0 bridgehead atoms. The highest BCUT2D eigenvalue weighted by Crippen LogP contribution is 2.35. The third-order valence-corrected chi connectivity index (χ3v) is 6.07. The van der Waals surface area contributed by atoms with Crippen LogP contribution in [0.1, 0.15) is 44.2 Å². The first-order valence-electron chi connectivity index (χ1n) is 9.37. The van der Waals surface area contributed by atoms with Crippen molar-refractivity contribution >= 4 is 28.2 Å². The van der Waals surface area contributed by atoms with Gasteiger partial charge in [-0.1, -0.05) is 32.1 Å². The number of nitrogens with one attached hydrogen (secondary N) is 1. The highest BCUT2D eigenvalue weighted by atomic mass is 32.1. The molecule has 5 nitrogen and oxygen atoms in total. The normalized spacial score (nSPS) is 22.1. The Morgan fingerprint density at radius 3 is 2.84 bits per heavy atom. The first-order chi connectivity index (χ1) is 12.3. The van der Waals surface area contributed by atoms with Crippen LogP contribution >= 0.6 is 11.3 Å². The van der Waals surface area contributed by atoms with Crippen molar-refractivity contribution in [3.8, 4) is 0 Å². The summed E-state index contributed by atoms with van der Waals surface area (Å²) in [5.41, 5.74) is 0.990. The molecule has 1 saturated carbocycles. The summed E-state index contributed by atoms with van der Waals surface area (Å²) in [6.45, 7) is 4.06. The summed E-state index contributed by atoms with van der Waals surface area (Å²) in [6.07, 6.45) is 12.5. The summed E-state index contributed by atoms with van der Waals surface area (Å²) in [5, 5.41) is 6.13. The smallest absolute Gasteiger partial charge is 0.227 e. The standard InChI is InChI=1S/C19H26N5S/c1-14-12-17(23-19-20-9-11-25-19)22-18(21-14)24-10-5-8-16(13-24)15-6-3-2-4-7-15/h5,9,11-12,15-16H,2-4,6-8,10,13H2,1H3,(H,20,21,22,23). The minimum atomic E-state index is 0.758. The first kappa shape index (κ1) is 16.8. The third-order valence-electron chi connectivity index (χ3n) is 5.38. The van der Waals surface area contributed by atoms with Gasteiger partial charge < -0.3 is 10.2 Å². The zero-order valence-electron chi connectivity index (χ0n) is 14.8. The van der Waals surface area contributed by atoms with Crippen molar-refractivity contribution in [2.45, 2.75) is 45.4 Å². The molecule has 0 aromatic carbocycles. The molecule has 1 unspecified atom stereocenters. The highest BCUT2D eigenvalue weighted by molar-refractivity contribution is 7.13. The first-order valence-corrected chi connectivity index (χ1v) is 10.2. The topological polar surface area (TPSA) is 53.9 Å². The predicted molar refractivity (Wildman–Crippen MR) is 103 cm³/mol. The second-order valence-electron chi connectivity index (χ2n) is 7.24. The molecule has 133 valence electrons. The zero-order valence-corrected chi connectivity index (χ0v) is 15.6. The Morgan fingerprint density at radius 1 is 1.16 bits per heavy atom. The monoisotopic (exact) mass is 356 g/mol. The van der Waals surface area contributed by atoms with Gasteiger partial charge in [0.2, 0.25) is 5.95 Å². The molecular formula is C19H26N5S. The van der Waals surface area contributed by atoms with Crippen LogP contribution in [0.25, 0.3) is 0 Å². The van der Waals surface area contributed by atoms with Crippen molar-refractivity contribution in [3.05, 3.63) is 29.8 Å². The quantitative estimate of drug-likeness (QED) is 0.868. The van der Waals surface area contributed by atoms with Crippen LogP contribution in [0.5, 0.6) is 0 Å². The number of anilines is 3. The summed E-state index contributed by atoms with van der Waals surface area (Å²) < 4.78 is 0. The van der Waals surface area contributed by atoms with E-state index in [-0.39, 0.29) is 0 Å². The second-order valence-corrected chi connectivity index (χ2v) is 8.14. The van der Waals surface area contributed by atoms with E-state index in [9.17, 15) is 0 Å². The van der Waals surface area contributed by atoms with Gasteiger partial charge in [0.1, 0.15) is 5.82 Å². The van der Waals surface area contributed by atoms with E-state index in [2.05, 4.69) is 21.6 Å². The molecule has 2 fully saturated rings. The summed E-state index contributed by atoms with van der Waals surface area (Å²) in [7, 11) is 0. The molecule has 1 radical (unpaired) electrons. The summed E-state index contributed by atoms with van der Waals surface area (Å²) >= 11 is 1.58. The average molecular weight is 357 g/mol. The van der Waals surface area contributed by atoms with Crippen molar-refractivity contribution in [2.24, 2.45) is 11.8 Å². The Hall–Kier alpha value is -1.69. The van der Waals surface area contributed by atoms with E-state index in [0.717, 1.165) is 47.5 Å². The van der Waals surface area contributed by atoms with Gasteiger partial charge >= 0.3 is 0 Å². The molecule has 0 amide bonds. The van der Waals surface area contributed by atoms with Crippen LogP contribution in [0.4, 0.5) is 16.9 Å². The summed E-state index contributed by atoms with van der Waals surface area (Å²) in [4.78, 5) is 16.1. The Balaban J connectivity index is 1.49. The highest BCUT2D eigenvalue weighted by Gasteiger charge is 2.29. The lowest BCUT2D eigenvalue weighted by atomic mass is 9.76. The number of hydrogen-bond acceptors (Lipinski definition) is 6. The van der Waals surface area contributed by atoms with Gasteiger partial charge in [0, 0.05) is 36.4 Å². The maximum Gasteiger partial charge on any atom is 0.227 e. The number of aryl methyl sites for hydroxylation is 1. The molecule has 25 heavy (non-hydrogen) atoms. The lowest BCUT2D eigenvalue weighted by Crippen LogP contribution is -2.40. The fourth-order valence-electron chi connectivity index (χ4n) is 4.14. The van der Waals surface area contributed by atoms with Gasteiger partial charge in [0.05, 0.1) is 0 Å². The Morgan fingerprint density at radius 2 is 2.04 bits per heavy atom. The zero-order chi connectivity index (χ0) is 17.1.